The van der Waals surface area contributed by atoms with Gasteiger partial charge in [-0.3, -0.25) is 4.79 Å². The number of carbonyl (C=O) groups excluding carboxylic acids is 1. The van der Waals surface area contributed by atoms with E-state index in [-0.39, 0.29) is 18.1 Å². The molecule has 4 aromatic heterocycles. The number of aromatic nitrogens is 5. The molecule has 0 fully saturated rings. The van der Waals surface area contributed by atoms with Crippen LogP contribution < -0.4 is 21.7 Å². The van der Waals surface area contributed by atoms with Crippen LogP contribution >= 0.6 is 11.3 Å². The Labute approximate surface area is 168 Å². The van der Waals surface area contributed by atoms with Crippen molar-refractivity contribution in [2.75, 3.05) is 6.54 Å². The van der Waals surface area contributed by atoms with Crippen molar-refractivity contribution in [1.82, 2.24) is 29.9 Å². The first-order valence-electron chi connectivity index (χ1n) is 8.80. The summed E-state index contributed by atoms with van der Waals surface area (Å²) in [5.74, 6) is -0.235. The zero-order chi connectivity index (χ0) is 20.5. The lowest BCUT2D eigenvalue weighted by atomic mass is 10.3. The molecule has 1 unspecified atom stereocenters. The lowest BCUT2D eigenvalue weighted by Crippen LogP contribution is -2.29. The molecule has 0 saturated carbocycles. The number of thiophene rings is 1. The van der Waals surface area contributed by atoms with Crippen molar-refractivity contribution in [2.45, 2.75) is 13.0 Å². The van der Waals surface area contributed by atoms with Gasteiger partial charge >= 0.3 is 5.69 Å². The zero-order valence-corrected chi connectivity index (χ0v) is 16.3. The molecule has 0 aliphatic heterocycles. The Hall–Kier alpha value is -3.50. The number of amides is 1. The minimum Gasteiger partial charge on any atom is -0.392 e. The van der Waals surface area contributed by atoms with Gasteiger partial charge in [0.05, 0.1) is 38.4 Å². The minimum absolute atomic E-state index is 0.195. The van der Waals surface area contributed by atoms with Crippen LogP contribution in [0.15, 0.2) is 35.4 Å². The number of rotatable bonds is 5. The van der Waals surface area contributed by atoms with Crippen LogP contribution in [-0.2, 0) is 0 Å². The number of carbonyl (C=O) groups is 1. The Balaban J connectivity index is 1.69. The first-order chi connectivity index (χ1) is 13.9. The summed E-state index contributed by atoms with van der Waals surface area (Å²) < 4.78 is 1.63. The van der Waals surface area contributed by atoms with Crippen molar-refractivity contribution in [3.05, 3.63) is 62.2 Å². The van der Waals surface area contributed by atoms with E-state index < -0.39 is 6.10 Å². The maximum absolute atomic E-state index is 12.2. The number of aliphatic hydroxyl groups is 1. The molecule has 1 amide bonds. The van der Waals surface area contributed by atoms with Crippen molar-refractivity contribution in [1.29, 1.82) is 0 Å². The molecule has 148 valence electrons. The first kappa shape index (κ1) is 18.8. The monoisotopic (exact) mass is 410 g/mol. The molecule has 29 heavy (non-hydrogen) atoms. The molecular weight excluding hydrogens is 392 g/mol. The number of hydrogen-bond acceptors (Lipinski definition) is 6. The van der Waals surface area contributed by atoms with E-state index in [4.69, 9.17) is 0 Å². The Kier molecular flexibility index (Phi) is 4.87. The van der Waals surface area contributed by atoms with E-state index in [0.717, 1.165) is 10.4 Å². The summed E-state index contributed by atoms with van der Waals surface area (Å²) in [5, 5.41) is 17.3. The van der Waals surface area contributed by atoms with Gasteiger partial charge in [0.2, 0.25) is 0 Å². The van der Waals surface area contributed by atoms with E-state index >= 15 is 0 Å². The fourth-order valence-electron chi connectivity index (χ4n) is 2.76. The second-order valence-corrected chi connectivity index (χ2v) is 7.60. The third kappa shape index (κ3) is 3.89. The van der Waals surface area contributed by atoms with Gasteiger partial charge in [-0.2, -0.15) is 5.10 Å². The molecule has 4 N–H and O–H groups in total. The average Bonchev–Trinajstić information content (AvgIpc) is 3.39. The van der Waals surface area contributed by atoms with Gasteiger partial charge in [0, 0.05) is 18.3 Å². The standard InChI is InChI=1S/C19H18N6O3S/c1-10(26)8-20-18(27)16-4-3-15(29-16)13-5-6-25-17(23-13)12(9-21-25)7-14-11(2)22-19(28)24-14/h3-7,9-10,26H,2,8H2,1H3,(H,20,27)(H2,22,24,28)/b14-7-. The van der Waals surface area contributed by atoms with E-state index in [1.54, 1.807) is 36.0 Å². The third-order valence-corrected chi connectivity index (χ3v) is 5.28. The van der Waals surface area contributed by atoms with Crippen LogP contribution in [0, 0.1) is 0 Å². The second kappa shape index (κ2) is 7.49. The molecule has 0 aliphatic rings. The fraction of sp³-hybridized carbons (Fsp3) is 0.158. The number of H-pyrrole nitrogens is 2. The van der Waals surface area contributed by atoms with Crippen LogP contribution in [0.4, 0.5) is 0 Å². The Bertz CT molecular complexity index is 1360. The predicted octanol–water partition coefficient (Wildman–Crippen LogP) is -0.176. The summed E-state index contributed by atoms with van der Waals surface area (Å²) in [7, 11) is 0. The summed E-state index contributed by atoms with van der Waals surface area (Å²) in [6.45, 7) is 5.60. The molecule has 0 bridgehead atoms. The predicted molar refractivity (Wildman–Crippen MR) is 110 cm³/mol. The van der Waals surface area contributed by atoms with Gasteiger partial charge in [0.15, 0.2) is 5.65 Å². The average molecular weight is 410 g/mol. The lowest BCUT2D eigenvalue weighted by Gasteiger charge is -2.05. The highest BCUT2D eigenvalue weighted by molar-refractivity contribution is 7.17. The highest BCUT2D eigenvalue weighted by Gasteiger charge is 2.13. The SMILES string of the molecule is C=c1[nH]c(=O)[nH]/c1=C\c1cnn2ccc(-c3ccc(C(=O)NCC(C)O)s3)nc12. The van der Waals surface area contributed by atoms with Gasteiger partial charge in [-0.05, 0) is 31.2 Å². The third-order valence-electron chi connectivity index (χ3n) is 4.17. The molecule has 4 aromatic rings. The van der Waals surface area contributed by atoms with Gasteiger partial charge < -0.3 is 20.4 Å². The van der Waals surface area contributed by atoms with Gasteiger partial charge in [-0.15, -0.1) is 11.3 Å². The second-order valence-electron chi connectivity index (χ2n) is 6.52. The minimum atomic E-state index is -0.604. The molecule has 0 aromatic carbocycles. The number of nitrogens with one attached hydrogen (secondary N) is 3. The van der Waals surface area contributed by atoms with Crippen molar-refractivity contribution in [3.8, 4) is 10.6 Å². The molecule has 4 heterocycles. The van der Waals surface area contributed by atoms with Gasteiger partial charge in [0.1, 0.15) is 0 Å². The van der Waals surface area contributed by atoms with Crippen LogP contribution in [-0.4, -0.2) is 48.2 Å². The summed E-state index contributed by atoms with van der Waals surface area (Å²) >= 11 is 1.31. The summed E-state index contributed by atoms with van der Waals surface area (Å²) in [6, 6.07) is 5.38. The first-order valence-corrected chi connectivity index (χ1v) is 9.62. The highest BCUT2D eigenvalue weighted by Crippen LogP contribution is 2.27. The smallest absolute Gasteiger partial charge is 0.323 e. The van der Waals surface area contributed by atoms with Crippen LogP contribution in [0.1, 0.15) is 22.2 Å². The topological polar surface area (TPSA) is 128 Å². The normalized spacial score (nSPS) is 13.1. The number of nitrogens with zero attached hydrogens (tertiary/aromatic N) is 3. The molecule has 0 aliphatic carbocycles. The summed E-state index contributed by atoms with van der Waals surface area (Å²) in [4.78, 5) is 34.9. The van der Waals surface area contributed by atoms with Crippen LogP contribution in [0.2, 0.25) is 0 Å². The van der Waals surface area contributed by atoms with Crippen molar-refractivity contribution in [3.63, 3.8) is 0 Å². The van der Waals surface area contributed by atoms with Crippen molar-refractivity contribution < 1.29 is 9.90 Å². The summed E-state index contributed by atoms with van der Waals surface area (Å²) in [5.41, 5.74) is 1.70. The Morgan fingerprint density at radius 2 is 2.24 bits per heavy atom. The van der Waals surface area contributed by atoms with Crippen LogP contribution in [0.3, 0.4) is 0 Å². The number of fused-ring (bicyclic) bond motifs is 1. The van der Waals surface area contributed by atoms with E-state index in [1.807, 2.05) is 12.1 Å². The zero-order valence-electron chi connectivity index (χ0n) is 15.5. The molecule has 0 saturated heterocycles. The maximum Gasteiger partial charge on any atom is 0.323 e. The quantitative estimate of drug-likeness (QED) is 0.363. The molecule has 0 spiro atoms. The fourth-order valence-corrected chi connectivity index (χ4v) is 3.65. The molecular formula is C19H18N6O3S. The molecule has 1 atom stereocenters. The number of hydrogen-bond donors (Lipinski definition) is 4. The van der Waals surface area contributed by atoms with E-state index in [2.05, 4.69) is 31.9 Å². The lowest BCUT2D eigenvalue weighted by molar-refractivity contribution is 0.0928. The van der Waals surface area contributed by atoms with Crippen molar-refractivity contribution in [2.24, 2.45) is 0 Å². The highest BCUT2D eigenvalue weighted by atomic mass is 32.1. The number of aromatic amines is 2. The van der Waals surface area contributed by atoms with Gasteiger partial charge in [-0.1, -0.05) is 6.58 Å². The molecule has 4 rings (SSSR count). The summed E-state index contributed by atoms with van der Waals surface area (Å²) in [6.07, 6.45) is 4.59. The van der Waals surface area contributed by atoms with E-state index in [0.29, 0.717) is 26.9 Å². The Morgan fingerprint density at radius 3 is 2.97 bits per heavy atom. The number of aliphatic hydroxyl groups excluding tert-OH is 1. The molecule has 0 radical (unpaired) electrons. The van der Waals surface area contributed by atoms with Gasteiger partial charge in [-0.25, -0.2) is 14.3 Å². The van der Waals surface area contributed by atoms with Crippen LogP contribution in [0.25, 0.3) is 28.9 Å². The van der Waals surface area contributed by atoms with E-state index in [1.165, 1.54) is 11.3 Å². The maximum atomic E-state index is 12.2. The molecule has 9 nitrogen and oxygen atoms in total. The number of imidazole rings is 1. The van der Waals surface area contributed by atoms with Crippen molar-refractivity contribution >= 4 is 35.5 Å². The largest absolute Gasteiger partial charge is 0.392 e. The van der Waals surface area contributed by atoms with E-state index in [9.17, 15) is 14.7 Å². The van der Waals surface area contributed by atoms with Crippen LogP contribution in [0.5, 0.6) is 0 Å². The Morgan fingerprint density at radius 1 is 1.41 bits per heavy atom. The molecule has 10 heteroatoms. The van der Waals surface area contributed by atoms with Gasteiger partial charge in [0.25, 0.3) is 5.91 Å².